The minimum Gasteiger partial charge on any atom is -0.376 e. The van der Waals surface area contributed by atoms with Crippen LogP contribution in [0, 0.1) is 0 Å². The van der Waals surface area contributed by atoms with Gasteiger partial charge in [-0.05, 0) is 13.3 Å². The van der Waals surface area contributed by atoms with E-state index in [1.54, 1.807) is 0 Å². The lowest BCUT2D eigenvalue weighted by atomic mass is 10.5. The first-order chi connectivity index (χ1) is 4.93. The summed E-state index contributed by atoms with van der Waals surface area (Å²) < 4.78 is 15.7. The van der Waals surface area contributed by atoms with Gasteiger partial charge in [-0.15, -0.1) is 0 Å². The summed E-state index contributed by atoms with van der Waals surface area (Å²) in [6.45, 7) is 4.77. The van der Waals surface area contributed by atoms with Gasteiger partial charge in [0.05, 0.1) is 13.2 Å². The summed E-state index contributed by atoms with van der Waals surface area (Å²) >= 11 is 0. The molecule has 0 saturated carbocycles. The maximum atomic E-state index is 5.30. The Hall–Kier alpha value is -0.120. The highest BCUT2D eigenvalue weighted by Crippen LogP contribution is 2.02. The molecule has 10 heavy (non-hydrogen) atoms. The van der Waals surface area contributed by atoms with Crippen molar-refractivity contribution in [2.24, 2.45) is 0 Å². The number of ether oxygens (including phenoxy) is 3. The first kappa shape index (κ1) is 7.98. The van der Waals surface area contributed by atoms with Gasteiger partial charge in [-0.3, -0.25) is 0 Å². The van der Waals surface area contributed by atoms with Crippen LogP contribution in [0.5, 0.6) is 0 Å². The molecule has 0 bridgehead atoms. The van der Waals surface area contributed by atoms with E-state index in [9.17, 15) is 0 Å². The Morgan fingerprint density at radius 2 is 2.40 bits per heavy atom. The molecule has 3 heteroatoms. The van der Waals surface area contributed by atoms with E-state index in [0.29, 0.717) is 13.2 Å². The number of hydrogen-bond acceptors (Lipinski definition) is 3. The van der Waals surface area contributed by atoms with Crippen LogP contribution in [0.2, 0.25) is 0 Å². The third-order valence-corrected chi connectivity index (χ3v) is 1.34. The van der Waals surface area contributed by atoms with Gasteiger partial charge in [-0.25, -0.2) is 0 Å². The van der Waals surface area contributed by atoms with Crippen LogP contribution < -0.4 is 0 Å². The number of hydrogen-bond donors (Lipinski definition) is 0. The van der Waals surface area contributed by atoms with Gasteiger partial charge in [0.15, 0.2) is 6.29 Å². The van der Waals surface area contributed by atoms with E-state index < -0.39 is 0 Å². The Bertz CT molecular complexity index is 76.9. The fraction of sp³-hybridized carbons (Fsp3) is 1.00. The lowest BCUT2D eigenvalue weighted by Crippen LogP contribution is -2.21. The van der Waals surface area contributed by atoms with Gasteiger partial charge < -0.3 is 14.2 Å². The van der Waals surface area contributed by atoms with Gasteiger partial charge in [0, 0.05) is 13.2 Å². The van der Waals surface area contributed by atoms with Gasteiger partial charge in [0.2, 0.25) is 0 Å². The van der Waals surface area contributed by atoms with Gasteiger partial charge in [-0.2, -0.15) is 0 Å². The van der Waals surface area contributed by atoms with Crippen molar-refractivity contribution in [3.8, 4) is 0 Å². The molecule has 0 amide bonds. The molecule has 0 aromatic rings. The maximum absolute atomic E-state index is 5.30. The second-order valence-corrected chi connectivity index (χ2v) is 2.18. The molecular weight excluding hydrogens is 132 g/mol. The zero-order chi connectivity index (χ0) is 7.23. The second kappa shape index (κ2) is 4.66. The quantitative estimate of drug-likeness (QED) is 0.576. The lowest BCUT2D eigenvalue weighted by molar-refractivity contribution is -0.152. The summed E-state index contributed by atoms with van der Waals surface area (Å²) in [6, 6.07) is 0. The van der Waals surface area contributed by atoms with Crippen molar-refractivity contribution in [2.45, 2.75) is 19.6 Å². The van der Waals surface area contributed by atoms with E-state index in [4.69, 9.17) is 14.2 Å². The zero-order valence-electron chi connectivity index (χ0n) is 6.34. The highest BCUT2D eigenvalue weighted by Gasteiger charge is 2.11. The van der Waals surface area contributed by atoms with Gasteiger partial charge in [0.25, 0.3) is 0 Å². The molecule has 1 unspecified atom stereocenters. The molecule has 1 fully saturated rings. The highest BCUT2D eigenvalue weighted by atomic mass is 16.7. The average Bonchev–Trinajstić information content (AvgIpc) is 2.17. The summed E-state index contributed by atoms with van der Waals surface area (Å²) in [5, 5.41) is 0. The summed E-state index contributed by atoms with van der Waals surface area (Å²) in [6.07, 6.45) is 0.844. The van der Waals surface area contributed by atoms with Crippen molar-refractivity contribution in [1.29, 1.82) is 0 Å². The van der Waals surface area contributed by atoms with Gasteiger partial charge in [-0.1, -0.05) is 0 Å². The maximum Gasteiger partial charge on any atom is 0.180 e. The van der Waals surface area contributed by atoms with Gasteiger partial charge in [0.1, 0.15) is 0 Å². The van der Waals surface area contributed by atoms with E-state index in [1.165, 1.54) is 0 Å². The Balaban J connectivity index is 2.15. The van der Waals surface area contributed by atoms with E-state index in [1.807, 2.05) is 6.92 Å². The molecular formula is C7H14O3. The minimum absolute atomic E-state index is 0.132. The molecule has 1 saturated heterocycles. The summed E-state index contributed by atoms with van der Waals surface area (Å²) in [5.74, 6) is 0. The van der Waals surface area contributed by atoms with E-state index in [2.05, 4.69) is 0 Å². The van der Waals surface area contributed by atoms with Crippen molar-refractivity contribution in [2.75, 3.05) is 26.4 Å². The third-order valence-electron chi connectivity index (χ3n) is 1.34. The molecule has 0 aromatic carbocycles. The Labute approximate surface area is 61.3 Å². The molecule has 0 N–H and O–H groups in total. The van der Waals surface area contributed by atoms with Crippen molar-refractivity contribution in [3.63, 3.8) is 0 Å². The number of rotatable bonds is 2. The van der Waals surface area contributed by atoms with Crippen LogP contribution in [0.4, 0.5) is 0 Å². The predicted octanol–water partition coefficient (Wildman–Crippen LogP) is 0.786. The second-order valence-electron chi connectivity index (χ2n) is 2.18. The normalized spacial score (nSPS) is 27.9. The first-order valence-corrected chi connectivity index (χ1v) is 3.74. The van der Waals surface area contributed by atoms with Crippen LogP contribution >= 0.6 is 0 Å². The van der Waals surface area contributed by atoms with Crippen LogP contribution in [0.3, 0.4) is 0 Å². The average molecular weight is 146 g/mol. The zero-order valence-corrected chi connectivity index (χ0v) is 6.34. The topological polar surface area (TPSA) is 27.7 Å². The van der Waals surface area contributed by atoms with Crippen LogP contribution in [0.1, 0.15) is 13.3 Å². The highest BCUT2D eigenvalue weighted by molar-refractivity contribution is 4.47. The first-order valence-electron chi connectivity index (χ1n) is 3.74. The fourth-order valence-corrected chi connectivity index (χ4v) is 0.886. The van der Waals surface area contributed by atoms with E-state index in [0.717, 1.165) is 19.6 Å². The monoisotopic (exact) mass is 146 g/mol. The van der Waals surface area contributed by atoms with Crippen LogP contribution in [-0.4, -0.2) is 32.7 Å². The summed E-state index contributed by atoms with van der Waals surface area (Å²) in [4.78, 5) is 0. The van der Waals surface area contributed by atoms with Crippen LogP contribution in [0.25, 0.3) is 0 Å². The Morgan fingerprint density at radius 1 is 1.50 bits per heavy atom. The Kier molecular flexibility index (Phi) is 3.72. The molecule has 1 aliphatic rings. The van der Waals surface area contributed by atoms with Crippen molar-refractivity contribution in [3.05, 3.63) is 0 Å². The molecule has 1 rings (SSSR count). The smallest absolute Gasteiger partial charge is 0.180 e. The van der Waals surface area contributed by atoms with E-state index in [-0.39, 0.29) is 6.29 Å². The fourth-order valence-electron chi connectivity index (χ4n) is 0.886. The molecule has 3 nitrogen and oxygen atoms in total. The third kappa shape index (κ3) is 2.64. The molecule has 0 aromatic heterocycles. The summed E-state index contributed by atoms with van der Waals surface area (Å²) in [7, 11) is 0. The van der Waals surface area contributed by atoms with Crippen LogP contribution in [-0.2, 0) is 14.2 Å². The summed E-state index contributed by atoms with van der Waals surface area (Å²) in [5.41, 5.74) is 0. The SMILES string of the molecule is CCOC1COCCCO1. The molecule has 60 valence electrons. The van der Waals surface area contributed by atoms with Gasteiger partial charge >= 0.3 is 0 Å². The predicted molar refractivity (Wildman–Crippen MR) is 36.8 cm³/mol. The molecule has 1 heterocycles. The largest absolute Gasteiger partial charge is 0.376 e. The minimum atomic E-state index is -0.132. The van der Waals surface area contributed by atoms with Crippen LogP contribution in [0.15, 0.2) is 0 Å². The van der Waals surface area contributed by atoms with E-state index >= 15 is 0 Å². The molecule has 0 radical (unpaired) electrons. The standard InChI is InChI=1S/C7H14O3/c1-2-9-7-6-8-4-3-5-10-7/h7H,2-6H2,1H3. The van der Waals surface area contributed by atoms with Crippen molar-refractivity contribution >= 4 is 0 Å². The molecule has 0 spiro atoms. The molecule has 1 aliphatic heterocycles. The lowest BCUT2D eigenvalue weighted by Gasteiger charge is -2.13. The molecule has 1 atom stereocenters. The Morgan fingerprint density at radius 3 is 3.20 bits per heavy atom. The molecule has 0 aliphatic carbocycles. The van der Waals surface area contributed by atoms with Crippen molar-refractivity contribution < 1.29 is 14.2 Å². The van der Waals surface area contributed by atoms with Crippen molar-refractivity contribution in [1.82, 2.24) is 0 Å².